The summed E-state index contributed by atoms with van der Waals surface area (Å²) in [6.45, 7) is 5.58. The average molecular weight is 502 g/mol. The largest absolute Gasteiger partial charge is 0.478 e. The molecule has 0 spiro atoms. The monoisotopic (exact) mass is 501 g/mol. The number of nitrogens with one attached hydrogen (secondary N) is 1. The number of amides is 2. The van der Waals surface area contributed by atoms with Gasteiger partial charge in [0.2, 0.25) is 0 Å². The van der Waals surface area contributed by atoms with Crippen LogP contribution in [0.3, 0.4) is 0 Å². The molecule has 192 valence electrons. The lowest BCUT2D eigenvalue weighted by molar-refractivity contribution is -0.128. The van der Waals surface area contributed by atoms with Crippen LogP contribution < -0.4 is 15.0 Å². The Bertz CT molecular complexity index is 1250. The van der Waals surface area contributed by atoms with Crippen molar-refractivity contribution < 1.29 is 23.9 Å². The first-order chi connectivity index (χ1) is 17.8. The lowest BCUT2D eigenvalue weighted by Gasteiger charge is -2.37. The predicted molar refractivity (Wildman–Crippen MR) is 142 cm³/mol. The molecule has 0 aliphatic carbocycles. The van der Waals surface area contributed by atoms with Crippen molar-refractivity contribution in [2.75, 3.05) is 43.5 Å². The Morgan fingerprint density at radius 1 is 0.811 bits per heavy atom. The zero-order valence-electron chi connectivity index (χ0n) is 21.3. The molecule has 2 amide bonds. The van der Waals surface area contributed by atoms with Crippen molar-refractivity contribution in [1.82, 2.24) is 4.90 Å². The summed E-state index contributed by atoms with van der Waals surface area (Å²) in [5, 5.41) is 2.95. The minimum absolute atomic E-state index is 0.00498. The van der Waals surface area contributed by atoms with Crippen LogP contribution in [-0.2, 0) is 9.53 Å². The molecule has 0 atom stereocenters. The van der Waals surface area contributed by atoms with Gasteiger partial charge in [-0.25, -0.2) is 4.79 Å². The third kappa shape index (κ3) is 6.09. The van der Waals surface area contributed by atoms with Crippen molar-refractivity contribution in [3.8, 4) is 5.75 Å². The molecule has 0 unspecified atom stereocenters. The number of anilines is 2. The van der Waals surface area contributed by atoms with Gasteiger partial charge in [0.15, 0.2) is 5.60 Å². The summed E-state index contributed by atoms with van der Waals surface area (Å²) in [5.74, 6) is -0.294. The topological polar surface area (TPSA) is 88.2 Å². The van der Waals surface area contributed by atoms with Crippen LogP contribution in [0.1, 0.15) is 34.6 Å². The molecule has 0 bridgehead atoms. The number of esters is 1. The van der Waals surface area contributed by atoms with E-state index in [4.69, 9.17) is 9.47 Å². The van der Waals surface area contributed by atoms with Crippen molar-refractivity contribution in [3.05, 3.63) is 90.0 Å². The van der Waals surface area contributed by atoms with Gasteiger partial charge in [-0.2, -0.15) is 0 Å². The number of carbonyl (C=O) groups excluding carboxylic acids is 3. The van der Waals surface area contributed by atoms with Crippen LogP contribution in [-0.4, -0.2) is 61.6 Å². The third-order valence-electron chi connectivity index (χ3n) is 6.26. The van der Waals surface area contributed by atoms with E-state index in [1.165, 1.54) is 7.11 Å². The van der Waals surface area contributed by atoms with Crippen molar-refractivity contribution in [2.45, 2.75) is 19.4 Å². The Morgan fingerprint density at radius 3 is 2.05 bits per heavy atom. The molecule has 0 radical (unpaired) electrons. The molecule has 3 aromatic carbocycles. The number of hydrogen-bond acceptors (Lipinski definition) is 6. The number of carbonyl (C=O) groups is 3. The van der Waals surface area contributed by atoms with Crippen LogP contribution in [0, 0.1) is 0 Å². The second-order valence-corrected chi connectivity index (χ2v) is 9.25. The molecule has 3 aromatic rings. The van der Waals surface area contributed by atoms with Gasteiger partial charge in [0.05, 0.1) is 24.0 Å². The highest BCUT2D eigenvalue weighted by Crippen LogP contribution is 2.30. The highest BCUT2D eigenvalue weighted by Gasteiger charge is 2.32. The van der Waals surface area contributed by atoms with Crippen LogP contribution in [0.15, 0.2) is 78.9 Å². The first-order valence-corrected chi connectivity index (χ1v) is 12.2. The molecule has 1 fully saturated rings. The van der Waals surface area contributed by atoms with E-state index in [0.29, 0.717) is 48.7 Å². The Labute approximate surface area is 216 Å². The summed E-state index contributed by atoms with van der Waals surface area (Å²) in [5.41, 5.74) is 1.03. The summed E-state index contributed by atoms with van der Waals surface area (Å²) in [4.78, 5) is 42.3. The van der Waals surface area contributed by atoms with Crippen LogP contribution in [0.5, 0.6) is 5.75 Å². The van der Waals surface area contributed by atoms with Gasteiger partial charge in [-0.1, -0.05) is 36.4 Å². The van der Waals surface area contributed by atoms with E-state index < -0.39 is 11.6 Å². The fraction of sp³-hybridized carbons (Fsp3) is 0.276. The Balaban J connectivity index is 1.52. The van der Waals surface area contributed by atoms with E-state index in [1.54, 1.807) is 44.2 Å². The Hall–Kier alpha value is -4.33. The van der Waals surface area contributed by atoms with Crippen molar-refractivity contribution in [3.63, 3.8) is 0 Å². The first-order valence-electron chi connectivity index (χ1n) is 12.2. The fourth-order valence-corrected chi connectivity index (χ4v) is 4.17. The second kappa shape index (κ2) is 11.2. The molecule has 0 aromatic heterocycles. The standard InChI is InChI=1S/C29H31N3O5/c1-29(2,37-23-12-8-5-9-13-23)28(35)30-24-20-22(27(34)36-3)14-15-25(24)31-16-18-32(19-17-31)26(33)21-10-6-4-7-11-21/h4-15,20H,16-19H2,1-3H3,(H,30,35). The molecular formula is C29H31N3O5. The van der Waals surface area contributed by atoms with Crippen LogP contribution >= 0.6 is 0 Å². The Morgan fingerprint density at radius 2 is 1.43 bits per heavy atom. The molecule has 1 N–H and O–H groups in total. The van der Waals surface area contributed by atoms with Crippen LogP contribution in [0.2, 0.25) is 0 Å². The zero-order chi connectivity index (χ0) is 26.4. The number of methoxy groups -OCH3 is 1. The molecule has 1 heterocycles. The third-order valence-corrected chi connectivity index (χ3v) is 6.26. The number of piperazine rings is 1. The predicted octanol–water partition coefficient (Wildman–Crippen LogP) is 4.23. The summed E-state index contributed by atoms with van der Waals surface area (Å²) in [7, 11) is 1.31. The first kappa shape index (κ1) is 25.8. The number of benzene rings is 3. The quantitative estimate of drug-likeness (QED) is 0.488. The maximum absolute atomic E-state index is 13.3. The average Bonchev–Trinajstić information content (AvgIpc) is 2.93. The smallest absolute Gasteiger partial charge is 0.337 e. The number of ether oxygens (including phenoxy) is 2. The molecule has 8 heteroatoms. The van der Waals surface area contributed by atoms with Gasteiger partial charge in [-0.05, 0) is 56.3 Å². The summed E-state index contributed by atoms with van der Waals surface area (Å²) in [6.07, 6.45) is 0. The number of nitrogens with zero attached hydrogens (tertiary/aromatic N) is 2. The van der Waals surface area contributed by atoms with E-state index in [9.17, 15) is 14.4 Å². The minimum atomic E-state index is -1.18. The lowest BCUT2D eigenvalue weighted by atomic mass is 10.1. The second-order valence-electron chi connectivity index (χ2n) is 9.25. The normalized spacial score (nSPS) is 13.6. The van der Waals surface area contributed by atoms with Gasteiger partial charge >= 0.3 is 5.97 Å². The molecule has 1 aliphatic rings. The Kier molecular flexibility index (Phi) is 7.77. The number of rotatable bonds is 7. The van der Waals surface area contributed by atoms with Crippen molar-refractivity contribution in [2.24, 2.45) is 0 Å². The molecule has 1 saturated heterocycles. The van der Waals surface area contributed by atoms with Gasteiger partial charge < -0.3 is 24.6 Å². The highest BCUT2D eigenvalue weighted by molar-refractivity contribution is 6.01. The molecule has 4 rings (SSSR count). The summed E-state index contributed by atoms with van der Waals surface area (Å²) in [6, 6.07) is 23.4. The van der Waals surface area contributed by atoms with Gasteiger partial charge in [0, 0.05) is 31.7 Å². The summed E-state index contributed by atoms with van der Waals surface area (Å²) < 4.78 is 10.8. The van der Waals surface area contributed by atoms with Gasteiger partial charge in [0.25, 0.3) is 11.8 Å². The number of para-hydroxylation sites is 1. The summed E-state index contributed by atoms with van der Waals surface area (Å²) >= 11 is 0. The lowest BCUT2D eigenvalue weighted by Crippen LogP contribution is -2.49. The van der Waals surface area contributed by atoms with Gasteiger partial charge in [-0.15, -0.1) is 0 Å². The molecular weight excluding hydrogens is 470 g/mol. The molecule has 37 heavy (non-hydrogen) atoms. The van der Waals surface area contributed by atoms with Crippen LogP contribution in [0.4, 0.5) is 11.4 Å². The van der Waals surface area contributed by atoms with Crippen LogP contribution in [0.25, 0.3) is 0 Å². The van der Waals surface area contributed by atoms with E-state index in [1.807, 2.05) is 53.4 Å². The minimum Gasteiger partial charge on any atom is -0.478 e. The maximum atomic E-state index is 13.3. The van der Waals surface area contributed by atoms with E-state index in [0.717, 1.165) is 5.69 Å². The SMILES string of the molecule is COC(=O)c1ccc(N2CCN(C(=O)c3ccccc3)CC2)c(NC(=O)C(C)(C)Oc2ccccc2)c1. The molecule has 8 nitrogen and oxygen atoms in total. The molecule has 1 aliphatic heterocycles. The van der Waals surface area contributed by atoms with Crippen molar-refractivity contribution >= 4 is 29.2 Å². The van der Waals surface area contributed by atoms with E-state index in [2.05, 4.69) is 10.2 Å². The maximum Gasteiger partial charge on any atom is 0.337 e. The highest BCUT2D eigenvalue weighted by atomic mass is 16.5. The van der Waals surface area contributed by atoms with Crippen molar-refractivity contribution in [1.29, 1.82) is 0 Å². The number of hydrogen-bond donors (Lipinski definition) is 1. The van der Waals surface area contributed by atoms with E-state index in [-0.39, 0.29) is 11.8 Å². The van der Waals surface area contributed by atoms with E-state index >= 15 is 0 Å². The fourth-order valence-electron chi connectivity index (χ4n) is 4.17. The molecule has 0 saturated carbocycles. The van der Waals surface area contributed by atoms with Gasteiger partial charge in [0.1, 0.15) is 5.75 Å². The van der Waals surface area contributed by atoms with Gasteiger partial charge in [-0.3, -0.25) is 9.59 Å². The zero-order valence-corrected chi connectivity index (χ0v) is 21.3.